The Morgan fingerprint density at radius 3 is 2.52 bits per heavy atom. The maximum Gasteiger partial charge on any atom is 0.306 e. The molecule has 0 unspecified atom stereocenters. The number of esters is 1. The van der Waals surface area contributed by atoms with Gasteiger partial charge in [0.1, 0.15) is 11.9 Å². The molecule has 0 bridgehead atoms. The van der Waals surface area contributed by atoms with Gasteiger partial charge in [-0.25, -0.2) is 0 Å². The summed E-state index contributed by atoms with van der Waals surface area (Å²) in [6, 6.07) is 0. The number of ether oxygens (including phenoxy) is 1. The standard InChI is InChI=1S/C28H44O3/c1-4-5-6-7-8-9-10-26(30)31-21-15-17-27(2)20(19-21)11-12-22-23-13-14-25(29)28(23,3)18-16-24(22)27/h11,21-24H,4-10,12-19H2,1-3H3/t21-,22-,23-,24-,27-,28-/m0/s1. The fraction of sp³-hybridized carbons (Fsp3) is 0.857. The first-order valence-electron chi connectivity index (χ1n) is 13.3. The second-order valence-electron chi connectivity index (χ2n) is 11.5. The summed E-state index contributed by atoms with van der Waals surface area (Å²) in [4.78, 5) is 25.0. The number of hydrogen-bond donors (Lipinski definition) is 0. The van der Waals surface area contributed by atoms with E-state index in [1.807, 2.05) is 0 Å². The summed E-state index contributed by atoms with van der Waals surface area (Å²) in [5, 5.41) is 0. The number of fused-ring (bicyclic) bond motifs is 5. The largest absolute Gasteiger partial charge is 0.462 e. The van der Waals surface area contributed by atoms with Gasteiger partial charge in [0.15, 0.2) is 0 Å². The van der Waals surface area contributed by atoms with Gasteiger partial charge in [0.2, 0.25) is 0 Å². The number of Topliss-reactive ketones (excluding diaryl/α,β-unsaturated/α-hetero) is 1. The minimum Gasteiger partial charge on any atom is -0.462 e. The van der Waals surface area contributed by atoms with E-state index < -0.39 is 0 Å². The van der Waals surface area contributed by atoms with Crippen LogP contribution in [0.3, 0.4) is 0 Å². The van der Waals surface area contributed by atoms with Crippen LogP contribution < -0.4 is 0 Å². The zero-order valence-corrected chi connectivity index (χ0v) is 20.2. The van der Waals surface area contributed by atoms with Crippen molar-refractivity contribution < 1.29 is 14.3 Å². The number of rotatable bonds is 8. The molecule has 4 aliphatic carbocycles. The van der Waals surface area contributed by atoms with Crippen molar-refractivity contribution in [2.45, 2.75) is 123 Å². The van der Waals surface area contributed by atoms with Crippen molar-refractivity contribution in [3.8, 4) is 0 Å². The van der Waals surface area contributed by atoms with Crippen molar-refractivity contribution in [1.82, 2.24) is 0 Å². The summed E-state index contributed by atoms with van der Waals surface area (Å²) in [5.41, 5.74) is 1.75. The SMILES string of the molecule is CCCCCCCCC(=O)O[C@H]1CC[C@@]2(C)C(=CC[C@@H]3[C@@H]2CC[C@]2(C)C(=O)CC[C@@H]32)C1. The lowest BCUT2D eigenvalue weighted by Crippen LogP contribution is -2.50. The average molecular weight is 429 g/mol. The van der Waals surface area contributed by atoms with Crippen molar-refractivity contribution in [2.24, 2.45) is 28.6 Å². The third kappa shape index (κ3) is 4.40. The molecule has 0 aliphatic heterocycles. The molecule has 0 aromatic heterocycles. The fourth-order valence-electron chi connectivity index (χ4n) is 7.79. The predicted octanol–water partition coefficient (Wildman–Crippen LogP) is 7.18. The minimum absolute atomic E-state index is 0.0104. The number of hydrogen-bond acceptors (Lipinski definition) is 3. The van der Waals surface area contributed by atoms with Gasteiger partial charge in [0, 0.05) is 24.7 Å². The van der Waals surface area contributed by atoms with Crippen LogP contribution in [-0.4, -0.2) is 17.9 Å². The molecule has 0 radical (unpaired) electrons. The Kier molecular flexibility index (Phi) is 6.99. The van der Waals surface area contributed by atoms with Crippen LogP contribution >= 0.6 is 0 Å². The van der Waals surface area contributed by atoms with Gasteiger partial charge in [-0.15, -0.1) is 0 Å². The quantitative estimate of drug-likeness (QED) is 0.234. The molecule has 3 fully saturated rings. The second kappa shape index (κ2) is 9.40. The number of ketones is 1. The molecule has 0 aromatic carbocycles. The van der Waals surface area contributed by atoms with Gasteiger partial charge in [0.25, 0.3) is 0 Å². The Morgan fingerprint density at radius 2 is 1.71 bits per heavy atom. The smallest absolute Gasteiger partial charge is 0.306 e. The molecule has 0 N–H and O–H groups in total. The number of allylic oxidation sites excluding steroid dienone is 1. The third-order valence-electron chi connectivity index (χ3n) is 9.80. The normalized spacial score (nSPS) is 39.3. The predicted molar refractivity (Wildman–Crippen MR) is 125 cm³/mol. The van der Waals surface area contributed by atoms with Gasteiger partial charge in [-0.1, -0.05) is 64.5 Å². The molecule has 0 saturated heterocycles. The first kappa shape index (κ1) is 23.1. The van der Waals surface area contributed by atoms with E-state index in [1.54, 1.807) is 5.57 Å². The van der Waals surface area contributed by atoms with E-state index >= 15 is 0 Å². The Hall–Kier alpha value is -1.12. The highest BCUT2D eigenvalue weighted by Crippen LogP contribution is 2.64. The molecule has 4 rings (SSSR count). The van der Waals surface area contributed by atoms with Gasteiger partial charge < -0.3 is 4.74 Å². The van der Waals surface area contributed by atoms with Crippen molar-refractivity contribution >= 4 is 11.8 Å². The van der Waals surface area contributed by atoms with Crippen molar-refractivity contribution in [3.63, 3.8) is 0 Å². The van der Waals surface area contributed by atoms with Crippen molar-refractivity contribution in [3.05, 3.63) is 11.6 Å². The van der Waals surface area contributed by atoms with Crippen LogP contribution in [0, 0.1) is 28.6 Å². The van der Waals surface area contributed by atoms with Gasteiger partial charge >= 0.3 is 5.97 Å². The topological polar surface area (TPSA) is 43.4 Å². The van der Waals surface area contributed by atoms with Gasteiger partial charge in [-0.3, -0.25) is 9.59 Å². The summed E-state index contributed by atoms with van der Waals surface area (Å²) in [7, 11) is 0. The molecule has 31 heavy (non-hydrogen) atoms. The zero-order valence-electron chi connectivity index (χ0n) is 20.2. The molecule has 3 heteroatoms. The van der Waals surface area contributed by atoms with Crippen molar-refractivity contribution in [1.29, 1.82) is 0 Å². The van der Waals surface area contributed by atoms with Gasteiger partial charge in [0.05, 0.1) is 0 Å². The average Bonchev–Trinajstić information content (AvgIpc) is 3.05. The van der Waals surface area contributed by atoms with Crippen LogP contribution in [0.5, 0.6) is 0 Å². The molecular weight excluding hydrogens is 384 g/mol. The van der Waals surface area contributed by atoms with Crippen LogP contribution in [0.4, 0.5) is 0 Å². The lowest BCUT2D eigenvalue weighted by atomic mass is 9.48. The lowest BCUT2D eigenvalue weighted by Gasteiger charge is -2.56. The summed E-state index contributed by atoms with van der Waals surface area (Å²) in [6.07, 6.45) is 18.7. The first-order valence-corrected chi connectivity index (χ1v) is 13.3. The van der Waals surface area contributed by atoms with E-state index in [1.165, 1.54) is 32.1 Å². The fourth-order valence-corrected chi connectivity index (χ4v) is 7.79. The molecule has 0 amide bonds. The van der Waals surface area contributed by atoms with Crippen LogP contribution in [0.1, 0.15) is 117 Å². The Morgan fingerprint density at radius 1 is 1.00 bits per heavy atom. The summed E-state index contributed by atoms with van der Waals surface area (Å²) in [6.45, 7) is 6.96. The summed E-state index contributed by atoms with van der Waals surface area (Å²) < 4.78 is 5.92. The second-order valence-corrected chi connectivity index (χ2v) is 11.5. The molecule has 3 nitrogen and oxygen atoms in total. The molecule has 0 aromatic rings. The maximum atomic E-state index is 12.6. The Bertz CT molecular complexity index is 709. The third-order valence-corrected chi connectivity index (χ3v) is 9.80. The molecular formula is C28H44O3. The monoisotopic (exact) mass is 428 g/mol. The first-order chi connectivity index (χ1) is 14.9. The highest BCUT2D eigenvalue weighted by atomic mass is 16.5. The van der Waals surface area contributed by atoms with Crippen LogP contribution in [0.25, 0.3) is 0 Å². The Labute approximate surface area is 189 Å². The van der Waals surface area contributed by atoms with E-state index in [0.29, 0.717) is 30.0 Å². The van der Waals surface area contributed by atoms with E-state index in [0.717, 1.165) is 57.8 Å². The molecule has 174 valence electrons. The van der Waals surface area contributed by atoms with Crippen LogP contribution in [-0.2, 0) is 14.3 Å². The summed E-state index contributed by atoms with van der Waals surface area (Å²) >= 11 is 0. The zero-order chi connectivity index (χ0) is 22.1. The minimum atomic E-state index is -0.0495. The van der Waals surface area contributed by atoms with E-state index in [9.17, 15) is 9.59 Å². The van der Waals surface area contributed by atoms with Gasteiger partial charge in [-0.05, 0) is 68.1 Å². The molecule has 0 spiro atoms. The highest BCUT2D eigenvalue weighted by molar-refractivity contribution is 5.87. The molecule has 0 heterocycles. The number of unbranched alkanes of at least 4 members (excludes halogenated alkanes) is 5. The number of carbonyl (C=O) groups excluding carboxylic acids is 2. The lowest BCUT2D eigenvalue weighted by molar-refractivity contribution is -0.151. The Balaban J connectivity index is 1.31. The summed E-state index contributed by atoms with van der Waals surface area (Å²) in [5.74, 6) is 2.50. The van der Waals surface area contributed by atoms with E-state index in [2.05, 4.69) is 26.8 Å². The van der Waals surface area contributed by atoms with Crippen molar-refractivity contribution in [2.75, 3.05) is 0 Å². The number of carbonyl (C=O) groups is 2. The molecule has 3 saturated carbocycles. The highest BCUT2D eigenvalue weighted by Gasteiger charge is 2.58. The molecule has 6 atom stereocenters. The van der Waals surface area contributed by atoms with E-state index in [4.69, 9.17) is 4.74 Å². The molecule has 4 aliphatic rings. The van der Waals surface area contributed by atoms with E-state index in [-0.39, 0.29) is 22.9 Å². The van der Waals surface area contributed by atoms with Crippen LogP contribution in [0.2, 0.25) is 0 Å². The maximum absolute atomic E-state index is 12.6. The van der Waals surface area contributed by atoms with Gasteiger partial charge in [-0.2, -0.15) is 0 Å². The van der Waals surface area contributed by atoms with Crippen LogP contribution in [0.15, 0.2) is 11.6 Å².